The van der Waals surface area contributed by atoms with Gasteiger partial charge in [-0.3, -0.25) is 0 Å². The van der Waals surface area contributed by atoms with Crippen molar-refractivity contribution in [3.63, 3.8) is 0 Å². The lowest BCUT2D eigenvalue weighted by atomic mass is 9.80. The minimum atomic E-state index is 0.0470. The first kappa shape index (κ1) is 28.6. The summed E-state index contributed by atoms with van der Waals surface area (Å²) in [7, 11) is 5.52. The van der Waals surface area contributed by atoms with E-state index in [4.69, 9.17) is 4.74 Å². The molecule has 0 spiro atoms. The van der Waals surface area contributed by atoms with Gasteiger partial charge in [0.05, 0.1) is 12.6 Å². The van der Waals surface area contributed by atoms with Gasteiger partial charge in [-0.25, -0.2) is 15.2 Å². The van der Waals surface area contributed by atoms with Crippen molar-refractivity contribution in [3.05, 3.63) is 47.8 Å². The smallest absolute Gasteiger partial charge is 0.170 e. The first-order chi connectivity index (χ1) is 17.9. The molecule has 0 atom stereocenters. The minimum absolute atomic E-state index is 0.0470. The van der Waals surface area contributed by atoms with E-state index in [1.807, 2.05) is 50.2 Å². The first-order valence-corrected chi connectivity index (χ1v) is 13.3. The van der Waals surface area contributed by atoms with E-state index in [1.54, 1.807) is 6.07 Å². The molecular formula is C29H44N5O3+. The van der Waals surface area contributed by atoms with Gasteiger partial charge in [0.25, 0.3) is 0 Å². The van der Waals surface area contributed by atoms with E-state index in [0.717, 1.165) is 52.0 Å². The highest BCUT2D eigenvalue weighted by Crippen LogP contribution is 2.32. The zero-order chi connectivity index (χ0) is 26.8. The van der Waals surface area contributed by atoms with Crippen molar-refractivity contribution in [1.82, 2.24) is 15.3 Å². The van der Waals surface area contributed by atoms with Crippen LogP contribution in [0, 0.1) is 18.8 Å². The van der Waals surface area contributed by atoms with Gasteiger partial charge >= 0.3 is 0 Å². The van der Waals surface area contributed by atoms with E-state index < -0.39 is 0 Å². The molecule has 0 aliphatic heterocycles. The molecule has 0 unspecified atom stereocenters. The maximum absolute atomic E-state index is 9.77. The number of phenols is 1. The Balaban J connectivity index is 0.000000231. The number of benzene rings is 2. The minimum Gasteiger partial charge on any atom is -0.504 e. The van der Waals surface area contributed by atoms with Gasteiger partial charge < -0.3 is 20.1 Å². The quantitative estimate of drug-likeness (QED) is 0.244. The Morgan fingerprint density at radius 2 is 1.78 bits per heavy atom. The van der Waals surface area contributed by atoms with Gasteiger partial charge in [0.2, 0.25) is 0 Å². The number of nitrogens with one attached hydrogen (secondary N) is 1. The van der Waals surface area contributed by atoms with Crippen LogP contribution in [0.4, 0.5) is 11.5 Å². The standard InChI is InChI=1S/C18H30N2O3.C11H13N3/c1-3-4-13-5-7-14(8-6-13)11-19-12-15-9-18(23-2)17(21)10-16(15)20-22;1-8-12-10-7-5-4-6-9(10)11(13-8)14(2)3/h9-10,13-14,19-22H,3-8,11-12H2,1-2H3;4-7H,1-3H3/p+1. The predicted molar refractivity (Wildman–Crippen MR) is 149 cm³/mol. The molecule has 1 fully saturated rings. The second-order valence-electron chi connectivity index (χ2n) is 10.2. The molecule has 202 valence electrons. The third-order valence-electron chi connectivity index (χ3n) is 7.11. The maximum Gasteiger partial charge on any atom is 0.170 e. The average molecular weight is 511 g/mol. The van der Waals surface area contributed by atoms with E-state index in [0.29, 0.717) is 18.0 Å². The molecule has 1 aromatic heterocycles. The number of aryl methyl sites for hydroxylation is 1. The van der Waals surface area contributed by atoms with Crippen LogP contribution in [0.1, 0.15) is 56.8 Å². The number of aromatic hydroxyl groups is 1. The molecule has 2 aromatic carbocycles. The van der Waals surface area contributed by atoms with Crippen LogP contribution in [0.5, 0.6) is 11.5 Å². The van der Waals surface area contributed by atoms with Gasteiger partial charge in [0.15, 0.2) is 17.2 Å². The lowest BCUT2D eigenvalue weighted by Crippen LogP contribution is -2.74. The molecule has 1 saturated carbocycles. The Hall–Kier alpha value is -2.94. The predicted octanol–water partition coefficient (Wildman–Crippen LogP) is 4.69. The fourth-order valence-electron chi connectivity index (χ4n) is 5.12. The number of methoxy groups -OCH3 is 1. The molecule has 1 aliphatic rings. The molecule has 3 aromatic rings. The molecule has 1 heterocycles. The number of ether oxygens (including phenoxy) is 1. The van der Waals surface area contributed by atoms with Gasteiger partial charge in [-0.05, 0) is 56.3 Å². The highest BCUT2D eigenvalue weighted by molar-refractivity contribution is 5.89. The monoisotopic (exact) mass is 510 g/mol. The summed E-state index contributed by atoms with van der Waals surface area (Å²) in [5.74, 6) is 3.97. The summed E-state index contributed by atoms with van der Waals surface area (Å²) < 4.78 is 5.14. The van der Waals surface area contributed by atoms with E-state index in [9.17, 15) is 10.3 Å². The van der Waals surface area contributed by atoms with Gasteiger partial charge in [0.1, 0.15) is 11.6 Å². The average Bonchev–Trinajstić information content (AvgIpc) is 2.90. The SMILES string of the molecule is CCCC1CCC(CNCc2cc(OC)c(O)cc2[NH2+]O)CC1.Cc1nc(N(C)C)c2ccccc2n1. The van der Waals surface area contributed by atoms with Crippen LogP contribution in [-0.4, -0.2) is 48.0 Å². The van der Waals surface area contributed by atoms with Crippen molar-refractivity contribution in [3.8, 4) is 11.5 Å². The second-order valence-corrected chi connectivity index (χ2v) is 10.2. The number of phenolic OH excluding ortho intramolecular Hbond substituents is 1. The number of anilines is 1. The summed E-state index contributed by atoms with van der Waals surface area (Å²) in [5, 5.41) is 23.7. The highest BCUT2D eigenvalue weighted by atomic mass is 16.5. The van der Waals surface area contributed by atoms with Crippen molar-refractivity contribution in [2.24, 2.45) is 11.8 Å². The van der Waals surface area contributed by atoms with E-state index >= 15 is 0 Å². The lowest BCUT2D eigenvalue weighted by molar-refractivity contribution is -0.826. The summed E-state index contributed by atoms with van der Waals surface area (Å²) in [5.41, 5.74) is 3.60. The second kappa shape index (κ2) is 14.1. The van der Waals surface area contributed by atoms with Gasteiger partial charge in [0, 0.05) is 37.7 Å². The summed E-state index contributed by atoms with van der Waals surface area (Å²) in [6.07, 6.45) is 8.04. The molecule has 8 nitrogen and oxygen atoms in total. The fourth-order valence-corrected chi connectivity index (χ4v) is 5.12. The van der Waals surface area contributed by atoms with E-state index in [-0.39, 0.29) is 5.75 Å². The number of aromatic nitrogens is 2. The largest absolute Gasteiger partial charge is 0.504 e. The van der Waals surface area contributed by atoms with Crippen molar-refractivity contribution >= 4 is 22.4 Å². The summed E-state index contributed by atoms with van der Waals surface area (Å²) in [6, 6.07) is 11.4. The van der Waals surface area contributed by atoms with Crippen LogP contribution in [0.25, 0.3) is 10.9 Å². The molecule has 0 saturated heterocycles. The molecule has 0 radical (unpaired) electrons. The Bertz CT molecular complexity index is 1130. The number of nitrogens with zero attached hydrogens (tertiary/aromatic N) is 3. The zero-order valence-corrected chi connectivity index (χ0v) is 23.0. The number of hydrogen-bond donors (Lipinski definition) is 4. The van der Waals surface area contributed by atoms with E-state index in [2.05, 4.69) is 22.2 Å². The summed E-state index contributed by atoms with van der Waals surface area (Å²) in [6.45, 7) is 5.86. The number of nitrogens with two attached hydrogens (primary N) is 1. The Morgan fingerprint density at radius 3 is 2.43 bits per heavy atom. The van der Waals surface area contributed by atoms with Crippen LogP contribution < -0.4 is 20.4 Å². The van der Waals surface area contributed by atoms with E-state index in [1.165, 1.54) is 51.7 Å². The number of rotatable bonds is 9. The Kier molecular flexibility index (Phi) is 10.9. The third kappa shape index (κ3) is 8.02. The molecular weight excluding hydrogens is 466 g/mol. The number of para-hydroxylation sites is 1. The van der Waals surface area contributed by atoms with Gasteiger partial charge in [-0.15, -0.1) is 0 Å². The van der Waals surface area contributed by atoms with Crippen molar-refractivity contribution in [2.45, 2.75) is 58.9 Å². The van der Waals surface area contributed by atoms with Crippen LogP contribution in [0.3, 0.4) is 0 Å². The van der Waals surface area contributed by atoms with Crippen molar-refractivity contribution in [1.29, 1.82) is 0 Å². The Morgan fingerprint density at radius 1 is 1.08 bits per heavy atom. The molecule has 5 N–H and O–H groups in total. The zero-order valence-electron chi connectivity index (χ0n) is 23.0. The molecule has 1 aliphatic carbocycles. The third-order valence-corrected chi connectivity index (χ3v) is 7.11. The lowest BCUT2D eigenvalue weighted by Gasteiger charge is -2.28. The Labute approximate surface area is 221 Å². The number of hydrogen-bond acceptors (Lipinski definition) is 7. The molecule has 0 bridgehead atoms. The maximum atomic E-state index is 9.77. The summed E-state index contributed by atoms with van der Waals surface area (Å²) in [4.78, 5) is 10.8. The van der Waals surface area contributed by atoms with Crippen molar-refractivity contribution in [2.75, 3.05) is 32.6 Å². The summed E-state index contributed by atoms with van der Waals surface area (Å²) >= 11 is 0. The molecule has 8 heteroatoms. The van der Waals surface area contributed by atoms with Crippen LogP contribution in [0.2, 0.25) is 0 Å². The topological polar surface area (TPSA) is 107 Å². The normalized spacial score (nSPS) is 17.2. The fraction of sp³-hybridized carbons (Fsp3) is 0.517. The molecule has 4 rings (SSSR count). The number of fused-ring (bicyclic) bond motifs is 1. The van der Waals surface area contributed by atoms with Crippen LogP contribution in [0.15, 0.2) is 36.4 Å². The van der Waals surface area contributed by atoms with Gasteiger partial charge in [-0.1, -0.05) is 44.7 Å². The van der Waals surface area contributed by atoms with Gasteiger partial charge in [-0.2, -0.15) is 5.48 Å². The highest BCUT2D eigenvalue weighted by Gasteiger charge is 2.20. The molecule has 0 amide bonds. The van der Waals surface area contributed by atoms with Crippen LogP contribution >= 0.6 is 0 Å². The first-order valence-electron chi connectivity index (χ1n) is 13.3. The van der Waals surface area contributed by atoms with Crippen molar-refractivity contribution < 1.29 is 20.5 Å². The molecule has 37 heavy (non-hydrogen) atoms. The van der Waals surface area contributed by atoms with Crippen LogP contribution in [-0.2, 0) is 6.54 Å². The number of quaternary nitrogens is 1.